The summed E-state index contributed by atoms with van der Waals surface area (Å²) < 4.78 is 34.2. The number of amides is 2. The Labute approximate surface area is 231 Å². The summed E-state index contributed by atoms with van der Waals surface area (Å²) in [6, 6.07) is 19.7. The van der Waals surface area contributed by atoms with E-state index in [-0.39, 0.29) is 23.4 Å². The molecule has 0 aliphatic heterocycles. The van der Waals surface area contributed by atoms with Crippen LogP contribution in [0.5, 0.6) is 5.75 Å². The first kappa shape index (κ1) is 29.7. The van der Waals surface area contributed by atoms with Crippen LogP contribution in [-0.2, 0) is 26.2 Å². The van der Waals surface area contributed by atoms with Gasteiger partial charge in [-0.1, -0.05) is 48.0 Å². The molecule has 0 spiro atoms. The second-order valence-electron chi connectivity index (χ2n) is 9.82. The zero-order valence-corrected chi connectivity index (χ0v) is 24.2. The Morgan fingerprint density at radius 3 is 2.08 bits per heavy atom. The molecule has 1 N–H and O–H groups in total. The van der Waals surface area contributed by atoms with Gasteiger partial charge in [-0.25, -0.2) is 8.42 Å². The average molecular weight is 552 g/mol. The summed E-state index contributed by atoms with van der Waals surface area (Å²) in [6.07, 6.45) is 0. The van der Waals surface area contributed by atoms with Gasteiger partial charge in [0, 0.05) is 12.6 Å². The average Bonchev–Trinajstić information content (AvgIpc) is 2.90. The lowest BCUT2D eigenvalue weighted by Gasteiger charge is -2.32. The monoisotopic (exact) mass is 551 g/mol. The van der Waals surface area contributed by atoms with Crippen molar-refractivity contribution in [3.8, 4) is 5.75 Å². The third-order valence-electron chi connectivity index (χ3n) is 6.38. The summed E-state index contributed by atoms with van der Waals surface area (Å²) in [7, 11) is -2.53. The zero-order valence-electron chi connectivity index (χ0n) is 23.3. The van der Waals surface area contributed by atoms with E-state index < -0.39 is 28.5 Å². The predicted octanol–water partition coefficient (Wildman–Crippen LogP) is 4.45. The first-order valence-corrected chi connectivity index (χ1v) is 14.3. The quantitative estimate of drug-likeness (QED) is 0.380. The van der Waals surface area contributed by atoms with Gasteiger partial charge in [-0.05, 0) is 76.1 Å². The number of anilines is 1. The molecule has 3 rings (SSSR count). The third-order valence-corrected chi connectivity index (χ3v) is 8.16. The molecule has 0 heterocycles. The number of para-hydroxylation sites is 1. The number of hydrogen-bond donors (Lipinski definition) is 1. The lowest BCUT2D eigenvalue weighted by atomic mass is 10.1. The van der Waals surface area contributed by atoms with E-state index in [1.54, 1.807) is 63.4 Å². The van der Waals surface area contributed by atoms with E-state index in [0.717, 1.165) is 15.4 Å². The molecule has 8 nitrogen and oxygen atoms in total. The van der Waals surface area contributed by atoms with Gasteiger partial charge in [0.25, 0.3) is 10.0 Å². The van der Waals surface area contributed by atoms with Crippen molar-refractivity contribution in [1.29, 1.82) is 0 Å². The molecule has 208 valence electrons. The standard InChI is InChI=1S/C30H37N3O5S/c1-21(2)31-30(35)24(5)32(19-25-13-15-26(38-6)16-14-25)29(34)20-33(28-10-8-7-9-23(28)4)39(36,37)27-17-11-22(3)12-18-27/h7-18,21,24H,19-20H2,1-6H3,(H,31,35). The summed E-state index contributed by atoms with van der Waals surface area (Å²) in [5.41, 5.74) is 2.80. The highest BCUT2D eigenvalue weighted by Gasteiger charge is 2.33. The van der Waals surface area contributed by atoms with E-state index in [0.29, 0.717) is 17.0 Å². The smallest absolute Gasteiger partial charge is 0.264 e. The summed E-state index contributed by atoms with van der Waals surface area (Å²) in [5, 5.41) is 2.85. The van der Waals surface area contributed by atoms with E-state index in [1.807, 2.05) is 39.0 Å². The SMILES string of the molecule is COc1ccc(CN(C(=O)CN(c2ccccc2C)S(=O)(=O)c2ccc(C)cc2)C(C)C(=O)NC(C)C)cc1. The highest BCUT2D eigenvalue weighted by molar-refractivity contribution is 7.92. The molecule has 0 aromatic heterocycles. The number of rotatable bonds is 11. The Bertz CT molecular complexity index is 1390. The fourth-order valence-corrected chi connectivity index (χ4v) is 5.59. The Morgan fingerprint density at radius 1 is 0.897 bits per heavy atom. The lowest BCUT2D eigenvalue weighted by molar-refractivity contribution is -0.139. The number of nitrogens with one attached hydrogen (secondary N) is 1. The van der Waals surface area contributed by atoms with Gasteiger partial charge in [0.15, 0.2) is 0 Å². The van der Waals surface area contributed by atoms with E-state index in [9.17, 15) is 18.0 Å². The topological polar surface area (TPSA) is 96.0 Å². The number of nitrogens with zero attached hydrogens (tertiary/aromatic N) is 2. The fourth-order valence-electron chi connectivity index (χ4n) is 4.11. The van der Waals surface area contributed by atoms with Crippen LogP contribution in [0.2, 0.25) is 0 Å². The van der Waals surface area contributed by atoms with Crippen molar-refractivity contribution < 1.29 is 22.7 Å². The van der Waals surface area contributed by atoms with Crippen molar-refractivity contribution in [2.45, 2.75) is 58.1 Å². The van der Waals surface area contributed by atoms with Crippen LogP contribution in [-0.4, -0.2) is 50.9 Å². The van der Waals surface area contributed by atoms with Gasteiger partial charge in [0.05, 0.1) is 17.7 Å². The molecule has 1 unspecified atom stereocenters. The minimum atomic E-state index is -4.10. The largest absolute Gasteiger partial charge is 0.497 e. The van der Waals surface area contributed by atoms with Crippen molar-refractivity contribution in [1.82, 2.24) is 10.2 Å². The maximum Gasteiger partial charge on any atom is 0.264 e. The van der Waals surface area contributed by atoms with E-state index in [2.05, 4.69) is 5.32 Å². The molecule has 0 radical (unpaired) electrons. The highest BCUT2D eigenvalue weighted by Crippen LogP contribution is 2.27. The maximum atomic E-state index is 13.9. The molecular formula is C30H37N3O5S. The van der Waals surface area contributed by atoms with Crippen LogP contribution in [0.4, 0.5) is 5.69 Å². The molecule has 3 aromatic carbocycles. The molecule has 0 bridgehead atoms. The van der Waals surface area contributed by atoms with Crippen LogP contribution in [0.3, 0.4) is 0 Å². The van der Waals surface area contributed by atoms with Crippen LogP contribution in [0, 0.1) is 13.8 Å². The molecule has 3 aromatic rings. The highest BCUT2D eigenvalue weighted by atomic mass is 32.2. The summed E-state index contributed by atoms with van der Waals surface area (Å²) in [4.78, 5) is 28.4. The molecule has 0 aliphatic rings. The summed E-state index contributed by atoms with van der Waals surface area (Å²) in [6.45, 7) is 8.64. The molecular weight excluding hydrogens is 514 g/mol. The number of aryl methyl sites for hydroxylation is 2. The number of hydrogen-bond acceptors (Lipinski definition) is 5. The van der Waals surface area contributed by atoms with Crippen molar-refractivity contribution >= 4 is 27.5 Å². The lowest BCUT2D eigenvalue weighted by Crippen LogP contribution is -2.52. The summed E-state index contributed by atoms with van der Waals surface area (Å²) >= 11 is 0. The maximum absolute atomic E-state index is 13.9. The molecule has 0 fully saturated rings. The van der Waals surface area contributed by atoms with Gasteiger partial charge in [-0.3, -0.25) is 13.9 Å². The number of carbonyl (C=O) groups is 2. The second kappa shape index (κ2) is 12.8. The molecule has 0 saturated carbocycles. The van der Waals surface area contributed by atoms with Crippen molar-refractivity contribution in [2.24, 2.45) is 0 Å². The van der Waals surface area contributed by atoms with Crippen LogP contribution in [0.1, 0.15) is 37.5 Å². The molecule has 0 aliphatic carbocycles. The number of carbonyl (C=O) groups excluding carboxylic acids is 2. The first-order valence-electron chi connectivity index (χ1n) is 12.8. The van der Waals surface area contributed by atoms with Gasteiger partial charge in [-0.15, -0.1) is 0 Å². The minimum Gasteiger partial charge on any atom is -0.497 e. The van der Waals surface area contributed by atoms with Gasteiger partial charge in [0.1, 0.15) is 18.3 Å². The van der Waals surface area contributed by atoms with E-state index >= 15 is 0 Å². The van der Waals surface area contributed by atoms with Crippen molar-refractivity contribution in [3.05, 3.63) is 89.5 Å². The van der Waals surface area contributed by atoms with Crippen molar-refractivity contribution in [3.63, 3.8) is 0 Å². The minimum absolute atomic E-state index is 0.0801. The molecule has 9 heteroatoms. The van der Waals surface area contributed by atoms with Crippen LogP contribution in [0.15, 0.2) is 77.7 Å². The number of ether oxygens (including phenoxy) is 1. The Balaban J connectivity index is 2.03. The number of benzene rings is 3. The van der Waals surface area contributed by atoms with Gasteiger partial charge < -0.3 is 15.0 Å². The van der Waals surface area contributed by atoms with Crippen molar-refractivity contribution in [2.75, 3.05) is 18.0 Å². The molecule has 1 atom stereocenters. The summed E-state index contributed by atoms with van der Waals surface area (Å²) in [5.74, 6) is -0.163. The molecule has 39 heavy (non-hydrogen) atoms. The number of methoxy groups -OCH3 is 1. The fraction of sp³-hybridized carbons (Fsp3) is 0.333. The first-order chi connectivity index (χ1) is 18.4. The third kappa shape index (κ3) is 7.38. The molecule has 0 saturated heterocycles. The normalized spacial score (nSPS) is 12.1. The van der Waals surface area contributed by atoms with Crippen LogP contribution in [0.25, 0.3) is 0 Å². The van der Waals surface area contributed by atoms with E-state index in [1.165, 1.54) is 17.0 Å². The van der Waals surface area contributed by atoms with Crippen LogP contribution >= 0.6 is 0 Å². The zero-order chi connectivity index (χ0) is 28.7. The number of sulfonamides is 1. The Hall–Kier alpha value is -3.85. The van der Waals surface area contributed by atoms with Gasteiger partial charge in [-0.2, -0.15) is 0 Å². The molecule has 2 amide bonds. The van der Waals surface area contributed by atoms with Crippen LogP contribution < -0.4 is 14.4 Å². The Morgan fingerprint density at radius 2 is 1.51 bits per heavy atom. The van der Waals surface area contributed by atoms with Gasteiger partial charge >= 0.3 is 0 Å². The Kier molecular flexibility index (Phi) is 9.75. The second-order valence-corrected chi connectivity index (χ2v) is 11.7. The van der Waals surface area contributed by atoms with Gasteiger partial charge in [0.2, 0.25) is 11.8 Å². The van der Waals surface area contributed by atoms with E-state index in [4.69, 9.17) is 4.74 Å². The predicted molar refractivity (Wildman–Crippen MR) is 153 cm³/mol.